The zero-order valence-corrected chi connectivity index (χ0v) is 17.7. The fourth-order valence-corrected chi connectivity index (χ4v) is 4.68. The van der Waals surface area contributed by atoms with Crippen molar-refractivity contribution >= 4 is 33.7 Å². The molecular formula is C18H23N3O5S2. The van der Waals surface area contributed by atoms with Crippen molar-refractivity contribution in [1.82, 2.24) is 15.4 Å². The van der Waals surface area contributed by atoms with Gasteiger partial charge in [-0.15, -0.1) is 11.8 Å². The van der Waals surface area contributed by atoms with E-state index in [1.54, 1.807) is 30.7 Å². The summed E-state index contributed by atoms with van der Waals surface area (Å²) in [6, 6.07) is 5.64. The van der Waals surface area contributed by atoms with Gasteiger partial charge in [0.05, 0.1) is 24.5 Å². The van der Waals surface area contributed by atoms with Crippen LogP contribution in [0.2, 0.25) is 0 Å². The largest absolute Gasteiger partial charge is 0.472 e. The molecule has 3 N–H and O–H groups in total. The smallest absolute Gasteiger partial charge is 0.328 e. The highest BCUT2D eigenvalue weighted by molar-refractivity contribution is 7.99. The van der Waals surface area contributed by atoms with E-state index in [4.69, 9.17) is 4.42 Å². The van der Waals surface area contributed by atoms with E-state index in [9.17, 15) is 18.0 Å². The van der Waals surface area contributed by atoms with Crippen LogP contribution in [-0.2, 0) is 26.8 Å². The maximum Gasteiger partial charge on any atom is 0.328 e. The van der Waals surface area contributed by atoms with Gasteiger partial charge >= 0.3 is 6.03 Å². The van der Waals surface area contributed by atoms with Crippen LogP contribution in [0.3, 0.4) is 0 Å². The fraction of sp³-hybridized carbons (Fsp3) is 0.333. The second kappa shape index (κ2) is 8.70. The van der Waals surface area contributed by atoms with Crippen molar-refractivity contribution in [2.45, 2.75) is 35.6 Å². The molecule has 28 heavy (non-hydrogen) atoms. The van der Waals surface area contributed by atoms with Crippen LogP contribution < -0.4 is 15.4 Å². The third-order valence-electron chi connectivity index (χ3n) is 4.03. The van der Waals surface area contributed by atoms with Gasteiger partial charge in [0, 0.05) is 17.5 Å². The highest BCUT2D eigenvalue weighted by Crippen LogP contribution is 2.26. The Morgan fingerprint density at radius 2 is 1.93 bits per heavy atom. The van der Waals surface area contributed by atoms with Gasteiger partial charge in [-0.05, 0) is 43.9 Å². The summed E-state index contributed by atoms with van der Waals surface area (Å²) in [6.45, 7) is 3.69. The fourth-order valence-electron chi connectivity index (χ4n) is 2.54. The second-order valence-corrected chi connectivity index (χ2v) is 9.03. The van der Waals surface area contributed by atoms with E-state index < -0.39 is 21.6 Å². The van der Waals surface area contributed by atoms with Crippen molar-refractivity contribution in [3.8, 4) is 0 Å². The van der Waals surface area contributed by atoms with Crippen LogP contribution in [0.4, 0.5) is 4.79 Å². The predicted octanol–water partition coefficient (Wildman–Crippen LogP) is 2.21. The Labute approximate surface area is 168 Å². The van der Waals surface area contributed by atoms with Crippen molar-refractivity contribution in [3.05, 3.63) is 47.9 Å². The average molecular weight is 426 g/mol. The first-order valence-electron chi connectivity index (χ1n) is 8.34. The number of urea groups is 1. The maximum absolute atomic E-state index is 12.5. The van der Waals surface area contributed by atoms with Crippen molar-refractivity contribution in [2.24, 2.45) is 0 Å². The number of sulfonamides is 1. The van der Waals surface area contributed by atoms with E-state index >= 15 is 0 Å². The van der Waals surface area contributed by atoms with Crippen LogP contribution in [0, 0.1) is 0 Å². The quantitative estimate of drug-likeness (QED) is 0.586. The lowest BCUT2D eigenvalue weighted by Crippen LogP contribution is -2.41. The first-order chi connectivity index (χ1) is 13.1. The van der Waals surface area contributed by atoms with Crippen LogP contribution in [0.15, 0.2) is 51.0 Å². The molecule has 8 nitrogen and oxygen atoms in total. The van der Waals surface area contributed by atoms with Gasteiger partial charge in [-0.25, -0.2) is 17.9 Å². The Bertz CT molecular complexity index is 954. The molecule has 10 heteroatoms. The van der Waals surface area contributed by atoms with E-state index in [1.165, 1.54) is 31.1 Å². The number of furan rings is 1. The molecule has 2 rings (SSSR count). The van der Waals surface area contributed by atoms with Gasteiger partial charge in [0.2, 0.25) is 5.91 Å². The summed E-state index contributed by atoms with van der Waals surface area (Å²) in [7, 11) is -2.75. The van der Waals surface area contributed by atoms with Gasteiger partial charge in [-0.3, -0.25) is 4.79 Å². The number of benzene rings is 1. The maximum atomic E-state index is 12.5. The lowest BCUT2D eigenvalue weighted by molar-refractivity contribution is -0.122. The van der Waals surface area contributed by atoms with Crippen LogP contribution in [0.5, 0.6) is 0 Å². The molecule has 0 bridgehead atoms. The van der Waals surface area contributed by atoms with Gasteiger partial charge in [0.1, 0.15) is 4.90 Å². The molecule has 0 atom stereocenters. The molecule has 0 fully saturated rings. The summed E-state index contributed by atoms with van der Waals surface area (Å²) >= 11 is 1.23. The summed E-state index contributed by atoms with van der Waals surface area (Å²) in [6.07, 6.45) is 4.80. The molecule has 0 aliphatic rings. The van der Waals surface area contributed by atoms with Crippen LogP contribution >= 0.6 is 11.8 Å². The zero-order chi connectivity index (χ0) is 20.9. The van der Waals surface area contributed by atoms with Crippen molar-refractivity contribution in [2.75, 3.05) is 13.3 Å². The summed E-state index contributed by atoms with van der Waals surface area (Å²) in [4.78, 5) is 24.4. The normalized spacial score (nSPS) is 11.7. The first kappa shape index (κ1) is 21.8. The van der Waals surface area contributed by atoms with E-state index in [-0.39, 0.29) is 17.2 Å². The standard InChI is InChI=1S/C18H23N3O5S2/c1-18(2,13-7-8-26-11-13)20-16(22)10-12-5-6-14(27-4)15(9-12)28(24,25)21-17(23)19-3/h5-9,11H,10H2,1-4H3,(H,20,22)(H2,19,21,23). The lowest BCUT2D eigenvalue weighted by atomic mass is 9.97. The van der Waals surface area contributed by atoms with Gasteiger partial charge in [0.25, 0.3) is 10.0 Å². The molecule has 1 aromatic heterocycles. The Hall–Kier alpha value is -2.46. The molecule has 3 amide bonds. The molecular weight excluding hydrogens is 402 g/mol. The first-order valence-corrected chi connectivity index (χ1v) is 11.0. The van der Waals surface area contributed by atoms with Crippen molar-refractivity contribution in [1.29, 1.82) is 0 Å². The van der Waals surface area contributed by atoms with Gasteiger partial charge in [-0.1, -0.05) is 6.07 Å². The third kappa shape index (κ3) is 5.29. The zero-order valence-electron chi connectivity index (χ0n) is 16.0. The number of hydrogen-bond donors (Lipinski definition) is 3. The topological polar surface area (TPSA) is 118 Å². The molecule has 0 unspecified atom stereocenters. The molecule has 0 aliphatic carbocycles. The minimum atomic E-state index is -4.07. The minimum Gasteiger partial charge on any atom is -0.472 e. The summed E-state index contributed by atoms with van der Waals surface area (Å²) < 4.78 is 32.0. The van der Waals surface area contributed by atoms with E-state index in [2.05, 4.69) is 10.6 Å². The van der Waals surface area contributed by atoms with E-state index in [0.717, 1.165) is 5.56 Å². The molecule has 2 aromatic rings. The highest BCUT2D eigenvalue weighted by Gasteiger charge is 2.25. The van der Waals surface area contributed by atoms with Crippen molar-refractivity contribution in [3.63, 3.8) is 0 Å². The summed E-state index contributed by atoms with van der Waals surface area (Å²) in [5.74, 6) is -0.272. The SMILES string of the molecule is CNC(=O)NS(=O)(=O)c1cc(CC(=O)NC(C)(C)c2ccoc2)ccc1SC. The highest BCUT2D eigenvalue weighted by atomic mass is 32.2. The van der Waals surface area contributed by atoms with Crippen LogP contribution in [0.25, 0.3) is 0 Å². The molecule has 0 spiro atoms. The number of hydrogen-bond acceptors (Lipinski definition) is 6. The molecule has 1 heterocycles. The van der Waals surface area contributed by atoms with Crippen LogP contribution in [0.1, 0.15) is 25.0 Å². The Balaban J connectivity index is 2.23. The van der Waals surface area contributed by atoms with Gasteiger partial charge in [0.15, 0.2) is 0 Å². The average Bonchev–Trinajstić information content (AvgIpc) is 3.16. The summed E-state index contributed by atoms with van der Waals surface area (Å²) in [5, 5.41) is 5.11. The Morgan fingerprint density at radius 3 is 2.50 bits per heavy atom. The molecule has 0 aliphatic heterocycles. The van der Waals surface area contributed by atoms with Gasteiger partial charge in [-0.2, -0.15) is 0 Å². The van der Waals surface area contributed by atoms with Crippen LogP contribution in [-0.4, -0.2) is 33.7 Å². The minimum absolute atomic E-state index is 0.0154. The number of carbonyl (C=O) groups is 2. The predicted molar refractivity (Wildman–Crippen MR) is 107 cm³/mol. The number of amides is 3. The molecule has 0 saturated carbocycles. The van der Waals surface area contributed by atoms with E-state index in [1.807, 2.05) is 18.6 Å². The molecule has 1 aromatic carbocycles. The molecule has 152 valence electrons. The number of rotatable bonds is 7. The molecule has 0 radical (unpaired) electrons. The Morgan fingerprint density at radius 1 is 1.21 bits per heavy atom. The third-order valence-corrected chi connectivity index (χ3v) is 6.33. The molecule has 0 saturated heterocycles. The monoisotopic (exact) mass is 425 g/mol. The van der Waals surface area contributed by atoms with E-state index in [0.29, 0.717) is 10.5 Å². The number of thioether (sulfide) groups is 1. The Kier molecular flexibility index (Phi) is 6.78. The van der Waals surface area contributed by atoms with Crippen molar-refractivity contribution < 1.29 is 22.4 Å². The number of nitrogens with one attached hydrogen (secondary N) is 3. The lowest BCUT2D eigenvalue weighted by Gasteiger charge is -2.25. The number of carbonyl (C=O) groups excluding carboxylic acids is 2. The summed E-state index contributed by atoms with van der Waals surface area (Å²) in [5.41, 5.74) is 0.686. The second-order valence-electron chi connectivity index (χ2n) is 6.53. The van der Waals surface area contributed by atoms with Gasteiger partial charge < -0.3 is 15.1 Å².